The van der Waals surface area contributed by atoms with Crippen LogP contribution in [0.3, 0.4) is 0 Å². The number of nitrogens with zero attached hydrogens (tertiary/aromatic N) is 2. The summed E-state index contributed by atoms with van der Waals surface area (Å²) in [6.45, 7) is 5.09. The molecule has 0 spiro atoms. The van der Waals surface area contributed by atoms with Gasteiger partial charge in [-0.1, -0.05) is 30.3 Å². The Hall–Kier alpha value is -2.71. The maximum Gasteiger partial charge on any atom is 0.243 e. The van der Waals surface area contributed by atoms with Crippen molar-refractivity contribution in [1.29, 1.82) is 0 Å². The summed E-state index contributed by atoms with van der Waals surface area (Å²) in [4.78, 5) is 26.5. The summed E-state index contributed by atoms with van der Waals surface area (Å²) in [6.07, 6.45) is 0. The van der Waals surface area contributed by atoms with Crippen molar-refractivity contribution in [2.45, 2.75) is 37.1 Å². The molecule has 0 saturated heterocycles. The van der Waals surface area contributed by atoms with E-state index < -0.39 is 21.3 Å². The van der Waals surface area contributed by atoms with Crippen molar-refractivity contribution in [3.05, 3.63) is 59.7 Å². The number of sulfonamides is 1. The largest absolute Gasteiger partial charge is 0.348 e. The molecule has 0 fully saturated rings. The van der Waals surface area contributed by atoms with Crippen LogP contribution in [0.5, 0.6) is 0 Å². The number of likely N-dealkylation sites (N-methyl/N-ethyl adjacent to an activating group) is 2. The van der Waals surface area contributed by atoms with Gasteiger partial charge in [-0.15, -0.1) is 0 Å². The topological polar surface area (TPSA) is 86.8 Å². The second-order valence-electron chi connectivity index (χ2n) is 8.13. The summed E-state index contributed by atoms with van der Waals surface area (Å²) < 4.78 is 27.1. The van der Waals surface area contributed by atoms with E-state index in [1.54, 1.807) is 27.0 Å². The van der Waals surface area contributed by atoms with Gasteiger partial charge in [-0.3, -0.25) is 9.59 Å². The molecule has 1 N–H and O–H groups in total. The Kier molecular flexibility index (Phi) is 5.75. The van der Waals surface area contributed by atoms with Crippen molar-refractivity contribution in [3.8, 4) is 0 Å². The van der Waals surface area contributed by atoms with Crippen LogP contribution in [0.15, 0.2) is 53.4 Å². The van der Waals surface area contributed by atoms with E-state index in [1.807, 2.05) is 37.3 Å². The van der Waals surface area contributed by atoms with Gasteiger partial charge in [0.2, 0.25) is 21.8 Å². The summed E-state index contributed by atoms with van der Waals surface area (Å²) in [6, 6.07) is 13.9. The first-order valence-corrected chi connectivity index (χ1v) is 11.1. The zero-order valence-electron chi connectivity index (χ0n) is 17.8. The van der Waals surface area contributed by atoms with E-state index >= 15 is 0 Å². The normalized spacial score (nSPS) is 16.5. The summed E-state index contributed by atoms with van der Waals surface area (Å²) >= 11 is 0. The zero-order chi connectivity index (χ0) is 22.3. The summed E-state index contributed by atoms with van der Waals surface area (Å²) in [7, 11) is -0.851. The fraction of sp³-hybridized carbons (Fsp3) is 0.364. The van der Waals surface area contributed by atoms with Crippen molar-refractivity contribution >= 4 is 27.5 Å². The molecule has 7 nitrogen and oxygen atoms in total. The molecule has 1 atom stereocenters. The van der Waals surface area contributed by atoms with Crippen LogP contribution in [0.2, 0.25) is 0 Å². The minimum atomic E-state index is -3.90. The van der Waals surface area contributed by atoms with Gasteiger partial charge in [0, 0.05) is 19.8 Å². The Labute approximate surface area is 177 Å². The average Bonchev–Trinajstić information content (AvgIpc) is 2.88. The van der Waals surface area contributed by atoms with Gasteiger partial charge >= 0.3 is 0 Å². The Morgan fingerprint density at radius 1 is 1.17 bits per heavy atom. The number of hydrogen-bond acceptors (Lipinski definition) is 4. The van der Waals surface area contributed by atoms with Crippen LogP contribution in [-0.4, -0.2) is 45.2 Å². The molecule has 160 valence electrons. The molecular formula is C22H27N3O4S. The van der Waals surface area contributed by atoms with E-state index in [9.17, 15) is 18.0 Å². The molecule has 0 aromatic heterocycles. The van der Waals surface area contributed by atoms with Crippen LogP contribution < -0.4 is 10.2 Å². The highest BCUT2D eigenvalue weighted by atomic mass is 32.2. The molecule has 30 heavy (non-hydrogen) atoms. The number of anilines is 1. The predicted octanol–water partition coefficient (Wildman–Crippen LogP) is 2.44. The first-order valence-electron chi connectivity index (χ1n) is 9.69. The number of amides is 2. The summed E-state index contributed by atoms with van der Waals surface area (Å²) in [5, 5.41) is 2.82. The smallest absolute Gasteiger partial charge is 0.243 e. The van der Waals surface area contributed by atoms with E-state index in [1.165, 1.54) is 24.1 Å². The molecule has 0 radical (unpaired) electrons. The highest BCUT2D eigenvalue weighted by Gasteiger charge is 2.43. The van der Waals surface area contributed by atoms with Crippen LogP contribution in [0.1, 0.15) is 37.9 Å². The van der Waals surface area contributed by atoms with E-state index in [0.717, 1.165) is 9.87 Å². The number of hydrogen-bond donors (Lipinski definition) is 1. The lowest BCUT2D eigenvalue weighted by molar-refractivity contribution is -0.122. The molecular weight excluding hydrogens is 402 g/mol. The van der Waals surface area contributed by atoms with Crippen molar-refractivity contribution < 1.29 is 18.0 Å². The third kappa shape index (κ3) is 3.85. The highest BCUT2D eigenvalue weighted by Crippen LogP contribution is 2.41. The van der Waals surface area contributed by atoms with Crippen molar-refractivity contribution in [1.82, 2.24) is 9.62 Å². The second kappa shape index (κ2) is 7.85. The SMILES string of the molecule is C[C@@H](NC(=O)CN(C)S(=O)(=O)c1ccc2c(c1)C(C)(C)C(=O)N2C)c1ccccc1. The zero-order valence-corrected chi connectivity index (χ0v) is 18.7. The standard InChI is InChI=1S/C22H27N3O4S/c1-15(16-9-7-6-8-10-16)23-20(26)14-24(4)30(28,29)17-11-12-19-18(13-17)22(2,3)21(27)25(19)5/h6-13,15H,14H2,1-5H3,(H,23,26)/t15-/m1/s1. The molecule has 8 heteroatoms. The molecule has 2 aromatic carbocycles. The van der Waals surface area contributed by atoms with Crippen LogP contribution in [0, 0.1) is 0 Å². The number of nitrogens with one attached hydrogen (secondary N) is 1. The second-order valence-corrected chi connectivity index (χ2v) is 10.2. The highest BCUT2D eigenvalue weighted by molar-refractivity contribution is 7.89. The maximum absolute atomic E-state index is 13.0. The average molecular weight is 430 g/mol. The number of rotatable bonds is 6. The number of benzene rings is 2. The van der Waals surface area contributed by atoms with Gasteiger partial charge in [-0.2, -0.15) is 4.31 Å². The first-order chi connectivity index (χ1) is 14.0. The molecule has 3 rings (SSSR count). The predicted molar refractivity (Wildman–Crippen MR) is 116 cm³/mol. The Morgan fingerprint density at radius 3 is 2.43 bits per heavy atom. The van der Waals surface area contributed by atoms with Crippen LogP contribution in [0.4, 0.5) is 5.69 Å². The van der Waals surface area contributed by atoms with E-state index in [0.29, 0.717) is 11.3 Å². The Bertz CT molecular complexity index is 1080. The molecule has 0 bridgehead atoms. The molecule has 0 unspecified atom stereocenters. The van der Waals surface area contributed by atoms with Gasteiger partial charge in [0.25, 0.3) is 0 Å². The molecule has 2 aromatic rings. The fourth-order valence-electron chi connectivity index (χ4n) is 3.69. The van der Waals surface area contributed by atoms with Crippen LogP contribution in [-0.2, 0) is 25.0 Å². The Balaban J connectivity index is 1.77. The van der Waals surface area contributed by atoms with Gasteiger partial charge in [0.05, 0.1) is 22.9 Å². The molecule has 1 heterocycles. The minimum absolute atomic E-state index is 0.0591. The lowest BCUT2D eigenvalue weighted by Crippen LogP contribution is -2.39. The van der Waals surface area contributed by atoms with Crippen LogP contribution in [0.25, 0.3) is 0 Å². The quantitative estimate of drug-likeness (QED) is 0.764. The number of carbonyl (C=O) groups excluding carboxylic acids is 2. The monoisotopic (exact) mass is 429 g/mol. The third-order valence-corrected chi connectivity index (χ3v) is 7.39. The maximum atomic E-state index is 13.0. The number of fused-ring (bicyclic) bond motifs is 1. The van der Waals surface area contributed by atoms with Crippen LogP contribution >= 0.6 is 0 Å². The van der Waals surface area contributed by atoms with Gasteiger partial charge in [0.15, 0.2) is 0 Å². The van der Waals surface area contributed by atoms with Gasteiger partial charge in [0.1, 0.15) is 0 Å². The Morgan fingerprint density at radius 2 is 1.80 bits per heavy atom. The van der Waals surface area contributed by atoms with Gasteiger partial charge in [-0.05, 0) is 50.1 Å². The lowest BCUT2D eigenvalue weighted by Gasteiger charge is -2.21. The lowest BCUT2D eigenvalue weighted by atomic mass is 9.86. The summed E-state index contributed by atoms with van der Waals surface area (Å²) in [5.74, 6) is -0.483. The minimum Gasteiger partial charge on any atom is -0.348 e. The van der Waals surface area contributed by atoms with E-state index in [2.05, 4.69) is 5.32 Å². The summed E-state index contributed by atoms with van der Waals surface area (Å²) in [5.41, 5.74) is 1.48. The molecule has 0 saturated carbocycles. The van der Waals surface area contributed by atoms with Crippen molar-refractivity contribution in [2.24, 2.45) is 0 Å². The van der Waals surface area contributed by atoms with Gasteiger partial charge in [-0.25, -0.2) is 8.42 Å². The molecule has 0 aliphatic carbocycles. The molecule has 1 aliphatic heterocycles. The van der Waals surface area contributed by atoms with E-state index in [-0.39, 0.29) is 23.4 Å². The molecule has 2 amide bonds. The fourth-order valence-corrected chi connectivity index (χ4v) is 4.85. The van der Waals surface area contributed by atoms with Gasteiger partial charge < -0.3 is 10.2 Å². The number of carbonyl (C=O) groups is 2. The first kappa shape index (κ1) is 22.0. The molecule has 1 aliphatic rings. The van der Waals surface area contributed by atoms with Crippen molar-refractivity contribution in [3.63, 3.8) is 0 Å². The third-order valence-electron chi connectivity index (χ3n) is 5.59. The van der Waals surface area contributed by atoms with E-state index in [4.69, 9.17) is 0 Å². The van der Waals surface area contributed by atoms with Crippen molar-refractivity contribution in [2.75, 3.05) is 25.5 Å².